The number of methoxy groups -OCH3 is 1. The zero-order chi connectivity index (χ0) is 14.1. The van der Waals surface area contributed by atoms with E-state index in [0.29, 0.717) is 10.3 Å². The Balaban J connectivity index is 2.12. The van der Waals surface area contributed by atoms with E-state index in [1.165, 1.54) is 6.20 Å². The van der Waals surface area contributed by atoms with E-state index in [9.17, 15) is 4.79 Å². The molecular weight excluding hydrogens is 320 g/mol. The van der Waals surface area contributed by atoms with Crippen LogP contribution in [0.2, 0.25) is 0 Å². The first kappa shape index (κ1) is 12.9. The molecule has 0 radical (unpaired) electrons. The van der Waals surface area contributed by atoms with Crippen LogP contribution in [-0.2, 0) is 0 Å². The largest absolute Gasteiger partial charge is 0.497 e. The molecule has 1 aromatic heterocycles. The summed E-state index contributed by atoms with van der Waals surface area (Å²) < 4.78 is 5.62. The highest BCUT2D eigenvalue weighted by molar-refractivity contribution is 9.10. The fourth-order valence-corrected chi connectivity index (χ4v) is 2.23. The highest BCUT2D eigenvalue weighted by atomic mass is 79.9. The first-order chi connectivity index (χ1) is 9.67. The van der Waals surface area contributed by atoms with Gasteiger partial charge in [-0.05, 0) is 44.9 Å². The Kier molecular flexibility index (Phi) is 3.28. The van der Waals surface area contributed by atoms with Gasteiger partial charge < -0.3 is 9.72 Å². The Morgan fingerprint density at radius 2 is 1.90 bits per heavy atom. The predicted octanol–water partition coefficient (Wildman–Crippen LogP) is 3.36. The molecule has 0 aliphatic rings. The Labute approximate surface area is 123 Å². The number of H-pyrrole nitrogens is 1. The Morgan fingerprint density at radius 3 is 2.65 bits per heavy atom. The van der Waals surface area contributed by atoms with Gasteiger partial charge in [0.05, 0.1) is 7.11 Å². The normalized spacial score (nSPS) is 10.7. The van der Waals surface area contributed by atoms with Crippen molar-refractivity contribution in [1.82, 2.24) is 9.97 Å². The van der Waals surface area contributed by atoms with Crippen LogP contribution in [0.25, 0.3) is 22.2 Å². The van der Waals surface area contributed by atoms with Gasteiger partial charge in [0.2, 0.25) is 0 Å². The molecule has 4 nitrogen and oxygen atoms in total. The number of fused-ring (bicyclic) bond motifs is 1. The van der Waals surface area contributed by atoms with Gasteiger partial charge in [-0.25, -0.2) is 4.98 Å². The summed E-state index contributed by atoms with van der Waals surface area (Å²) in [5.74, 6) is 1.37. The van der Waals surface area contributed by atoms with Crippen molar-refractivity contribution in [2.75, 3.05) is 7.11 Å². The lowest BCUT2D eigenvalue weighted by atomic mass is 10.1. The summed E-state index contributed by atoms with van der Waals surface area (Å²) in [6, 6.07) is 11.7. The number of hydrogen-bond acceptors (Lipinski definition) is 3. The maximum Gasteiger partial charge on any atom is 0.265 e. The summed E-state index contributed by atoms with van der Waals surface area (Å²) in [6.07, 6.45) is 1.51. The minimum absolute atomic E-state index is 0.190. The number of ether oxygens (including phenoxy) is 1. The third kappa shape index (κ3) is 2.32. The second kappa shape index (κ2) is 5.09. The quantitative estimate of drug-likeness (QED) is 0.783. The lowest BCUT2D eigenvalue weighted by Gasteiger charge is -2.05. The SMILES string of the molecule is COc1ccc2cc(-c3ncc(Br)c(=O)[nH]3)ccc2c1. The summed E-state index contributed by atoms with van der Waals surface area (Å²) in [7, 11) is 1.64. The molecule has 0 aliphatic heterocycles. The van der Waals surface area contributed by atoms with Gasteiger partial charge >= 0.3 is 0 Å². The van der Waals surface area contributed by atoms with Gasteiger partial charge in [-0.1, -0.05) is 18.2 Å². The molecule has 0 aliphatic carbocycles. The van der Waals surface area contributed by atoms with Gasteiger partial charge in [0.15, 0.2) is 0 Å². The standard InChI is InChI=1S/C15H11BrN2O2/c1-20-12-5-4-9-6-11(3-2-10(9)7-12)14-17-8-13(16)15(19)18-14/h2-8H,1H3,(H,17,18,19). The first-order valence-corrected chi connectivity index (χ1v) is 6.80. The first-order valence-electron chi connectivity index (χ1n) is 6.00. The third-order valence-corrected chi connectivity index (χ3v) is 3.64. The molecule has 1 N–H and O–H groups in total. The fraction of sp³-hybridized carbons (Fsp3) is 0.0667. The number of halogens is 1. The molecule has 0 unspecified atom stereocenters. The summed E-state index contributed by atoms with van der Waals surface area (Å²) in [5, 5.41) is 2.14. The Bertz CT molecular complexity index is 843. The fourth-order valence-electron chi connectivity index (χ4n) is 2.02. The molecule has 0 bridgehead atoms. The predicted molar refractivity (Wildman–Crippen MR) is 82.1 cm³/mol. The number of aromatic nitrogens is 2. The van der Waals surface area contributed by atoms with E-state index in [1.807, 2.05) is 36.4 Å². The summed E-state index contributed by atoms with van der Waals surface area (Å²) in [5.41, 5.74) is 0.678. The van der Waals surface area contributed by atoms with Gasteiger partial charge in [-0.15, -0.1) is 0 Å². The third-order valence-electron chi connectivity index (χ3n) is 3.08. The highest BCUT2D eigenvalue weighted by Gasteiger charge is 2.04. The molecule has 3 aromatic rings. The van der Waals surface area contributed by atoms with Crippen LogP contribution in [0.5, 0.6) is 5.75 Å². The van der Waals surface area contributed by atoms with Gasteiger partial charge in [-0.3, -0.25) is 4.79 Å². The summed E-state index contributed by atoms with van der Waals surface area (Å²) in [6.45, 7) is 0. The van der Waals surface area contributed by atoms with Crippen molar-refractivity contribution in [2.45, 2.75) is 0 Å². The van der Waals surface area contributed by atoms with Crippen LogP contribution in [0.3, 0.4) is 0 Å². The maximum absolute atomic E-state index is 11.6. The maximum atomic E-state index is 11.6. The number of aromatic amines is 1. The Hall–Kier alpha value is -2.14. The smallest absolute Gasteiger partial charge is 0.265 e. The van der Waals surface area contributed by atoms with Crippen LogP contribution in [0.15, 0.2) is 51.9 Å². The van der Waals surface area contributed by atoms with Crippen molar-refractivity contribution in [3.05, 3.63) is 57.4 Å². The molecule has 100 valence electrons. The topological polar surface area (TPSA) is 55.0 Å². The number of hydrogen-bond donors (Lipinski definition) is 1. The molecule has 0 saturated carbocycles. The van der Waals surface area contributed by atoms with E-state index >= 15 is 0 Å². The zero-order valence-electron chi connectivity index (χ0n) is 10.7. The van der Waals surface area contributed by atoms with Crippen molar-refractivity contribution < 1.29 is 4.74 Å². The zero-order valence-corrected chi connectivity index (χ0v) is 12.3. The monoisotopic (exact) mass is 330 g/mol. The lowest BCUT2D eigenvalue weighted by Crippen LogP contribution is -2.08. The number of rotatable bonds is 2. The minimum Gasteiger partial charge on any atom is -0.497 e. The van der Waals surface area contributed by atoms with Crippen LogP contribution in [0.1, 0.15) is 0 Å². The summed E-state index contributed by atoms with van der Waals surface area (Å²) in [4.78, 5) is 18.6. The van der Waals surface area contributed by atoms with Crippen molar-refractivity contribution in [1.29, 1.82) is 0 Å². The summed E-state index contributed by atoms with van der Waals surface area (Å²) >= 11 is 3.14. The van der Waals surface area contributed by atoms with Gasteiger partial charge in [0, 0.05) is 11.8 Å². The lowest BCUT2D eigenvalue weighted by molar-refractivity contribution is 0.415. The number of nitrogens with one attached hydrogen (secondary N) is 1. The van der Waals surface area contributed by atoms with Gasteiger partial charge in [0.1, 0.15) is 16.0 Å². The molecule has 20 heavy (non-hydrogen) atoms. The highest BCUT2D eigenvalue weighted by Crippen LogP contribution is 2.25. The average molecular weight is 331 g/mol. The molecule has 5 heteroatoms. The average Bonchev–Trinajstić information content (AvgIpc) is 2.49. The van der Waals surface area contributed by atoms with Crippen molar-refractivity contribution in [3.63, 3.8) is 0 Å². The Morgan fingerprint density at radius 1 is 1.15 bits per heavy atom. The molecule has 2 aromatic carbocycles. The molecule has 3 rings (SSSR count). The number of benzene rings is 2. The molecule has 0 spiro atoms. The van der Waals surface area contributed by atoms with Crippen LogP contribution >= 0.6 is 15.9 Å². The van der Waals surface area contributed by atoms with Crippen LogP contribution in [0, 0.1) is 0 Å². The van der Waals surface area contributed by atoms with Crippen LogP contribution < -0.4 is 10.3 Å². The molecule has 0 fully saturated rings. The van der Waals surface area contributed by atoms with Crippen molar-refractivity contribution >= 4 is 26.7 Å². The van der Waals surface area contributed by atoms with Crippen molar-refractivity contribution in [2.24, 2.45) is 0 Å². The van der Waals surface area contributed by atoms with E-state index in [2.05, 4.69) is 25.9 Å². The van der Waals surface area contributed by atoms with E-state index in [4.69, 9.17) is 4.74 Å². The molecule has 0 amide bonds. The molecule has 0 atom stereocenters. The number of nitrogens with zero attached hydrogens (tertiary/aromatic N) is 1. The van der Waals surface area contributed by atoms with Gasteiger partial charge in [0.25, 0.3) is 5.56 Å². The second-order valence-electron chi connectivity index (χ2n) is 4.34. The van der Waals surface area contributed by atoms with E-state index in [1.54, 1.807) is 7.11 Å². The molecule has 0 saturated heterocycles. The van der Waals surface area contributed by atoms with Crippen LogP contribution in [-0.4, -0.2) is 17.1 Å². The van der Waals surface area contributed by atoms with E-state index in [0.717, 1.165) is 22.1 Å². The van der Waals surface area contributed by atoms with E-state index < -0.39 is 0 Å². The van der Waals surface area contributed by atoms with Gasteiger partial charge in [-0.2, -0.15) is 0 Å². The molecule has 1 heterocycles. The molecular formula is C15H11BrN2O2. The minimum atomic E-state index is -0.190. The van der Waals surface area contributed by atoms with Crippen LogP contribution in [0.4, 0.5) is 0 Å². The van der Waals surface area contributed by atoms with E-state index in [-0.39, 0.29) is 5.56 Å². The second-order valence-corrected chi connectivity index (χ2v) is 5.19. The van der Waals surface area contributed by atoms with Crippen molar-refractivity contribution in [3.8, 4) is 17.1 Å².